The Labute approximate surface area is 205 Å². The van der Waals surface area contributed by atoms with Gasteiger partial charge in [-0.15, -0.1) is 0 Å². The van der Waals surface area contributed by atoms with Gasteiger partial charge in [0.2, 0.25) is 11.8 Å². The highest BCUT2D eigenvalue weighted by atomic mass is 16.7. The molecule has 0 aliphatic carbocycles. The number of rotatable bonds is 11. The lowest BCUT2D eigenvalue weighted by molar-refractivity contribution is -0.279. The van der Waals surface area contributed by atoms with Crippen LogP contribution in [0.1, 0.15) is 25.0 Å². The Morgan fingerprint density at radius 1 is 1.03 bits per heavy atom. The molecule has 0 spiro atoms. The summed E-state index contributed by atoms with van der Waals surface area (Å²) in [6.07, 6.45) is -3.69. The first-order valence-electron chi connectivity index (χ1n) is 11.7. The van der Waals surface area contributed by atoms with Gasteiger partial charge in [0.25, 0.3) is 0 Å². The zero-order valence-corrected chi connectivity index (χ0v) is 20.0. The van der Waals surface area contributed by atoms with E-state index in [2.05, 4.69) is 10.6 Å². The lowest BCUT2D eigenvalue weighted by atomic mass is 9.96. The van der Waals surface area contributed by atoms with E-state index in [1.807, 2.05) is 67.6 Å². The van der Waals surface area contributed by atoms with Crippen molar-refractivity contribution in [2.45, 2.75) is 63.6 Å². The Bertz CT molecular complexity index is 928. The number of hydrogen-bond acceptors (Lipinski definition) is 7. The minimum atomic E-state index is -1.29. The van der Waals surface area contributed by atoms with Gasteiger partial charge in [0, 0.05) is 13.0 Å². The fraction of sp³-hybridized carbons (Fsp3) is 0.462. The van der Waals surface area contributed by atoms with E-state index in [9.17, 15) is 19.8 Å². The molecule has 1 fully saturated rings. The van der Waals surface area contributed by atoms with E-state index in [1.54, 1.807) is 0 Å². The third-order valence-electron chi connectivity index (χ3n) is 5.68. The standard InChI is InChI=1S/C26H34N2O7/c1-17(13-19-9-5-3-6-10-19)27-22(31)16-33-25-23(28-18(2)30)26(35-21(14-29)24(25)32)34-15-20-11-7-4-8-12-20/h3-12,17,21,23-26,29,32H,13-16H2,1-2H3,(H,27,31)(H,28,30). The summed E-state index contributed by atoms with van der Waals surface area (Å²) in [7, 11) is 0. The Morgan fingerprint density at radius 3 is 2.26 bits per heavy atom. The molecule has 35 heavy (non-hydrogen) atoms. The minimum absolute atomic E-state index is 0.133. The molecule has 2 amide bonds. The molecule has 6 atom stereocenters. The topological polar surface area (TPSA) is 126 Å². The molecule has 0 saturated carbocycles. The van der Waals surface area contributed by atoms with Crippen LogP contribution >= 0.6 is 0 Å². The van der Waals surface area contributed by atoms with Crippen molar-refractivity contribution in [1.82, 2.24) is 10.6 Å². The number of nitrogens with one attached hydrogen (secondary N) is 2. The number of amides is 2. The molecular formula is C26H34N2O7. The Balaban J connectivity index is 1.64. The van der Waals surface area contributed by atoms with Crippen LogP contribution in [0, 0.1) is 0 Å². The van der Waals surface area contributed by atoms with Crippen LogP contribution < -0.4 is 10.6 Å². The highest BCUT2D eigenvalue weighted by Gasteiger charge is 2.47. The van der Waals surface area contributed by atoms with Gasteiger partial charge < -0.3 is 35.1 Å². The van der Waals surface area contributed by atoms with Crippen LogP contribution in [-0.2, 0) is 36.8 Å². The molecule has 2 aromatic carbocycles. The number of carbonyl (C=O) groups is 2. The largest absolute Gasteiger partial charge is 0.394 e. The molecule has 6 unspecified atom stereocenters. The van der Waals surface area contributed by atoms with Crippen molar-refractivity contribution < 1.29 is 34.0 Å². The summed E-state index contributed by atoms with van der Waals surface area (Å²) in [5, 5.41) is 26.1. The molecule has 0 bridgehead atoms. The summed E-state index contributed by atoms with van der Waals surface area (Å²) >= 11 is 0. The average Bonchev–Trinajstić information content (AvgIpc) is 2.84. The zero-order chi connectivity index (χ0) is 25.2. The molecule has 190 valence electrons. The van der Waals surface area contributed by atoms with Crippen LogP contribution in [0.25, 0.3) is 0 Å². The first-order chi connectivity index (χ1) is 16.9. The average molecular weight is 487 g/mol. The molecule has 2 aromatic rings. The predicted octanol–water partition coefficient (Wildman–Crippen LogP) is 0.919. The van der Waals surface area contributed by atoms with Crippen molar-refractivity contribution in [1.29, 1.82) is 0 Å². The molecule has 1 heterocycles. The quantitative estimate of drug-likeness (QED) is 0.372. The SMILES string of the molecule is CC(=O)NC1C(OCc2ccccc2)OC(CO)C(O)C1OCC(=O)NC(C)Cc1ccccc1. The molecule has 0 aromatic heterocycles. The van der Waals surface area contributed by atoms with E-state index in [4.69, 9.17) is 14.2 Å². The van der Waals surface area contributed by atoms with Gasteiger partial charge >= 0.3 is 0 Å². The fourth-order valence-corrected chi connectivity index (χ4v) is 4.06. The first kappa shape index (κ1) is 26.8. The van der Waals surface area contributed by atoms with Crippen LogP contribution in [-0.4, -0.2) is 71.9 Å². The monoisotopic (exact) mass is 486 g/mol. The van der Waals surface area contributed by atoms with Crippen LogP contribution in [0.4, 0.5) is 0 Å². The van der Waals surface area contributed by atoms with E-state index in [1.165, 1.54) is 6.92 Å². The first-order valence-corrected chi connectivity index (χ1v) is 11.7. The maximum Gasteiger partial charge on any atom is 0.246 e. The van der Waals surface area contributed by atoms with Gasteiger partial charge in [0.15, 0.2) is 6.29 Å². The van der Waals surface area contributed by atoms with Gasteiger partial charge in [-0.25, -0.2) is 0 Å². The van der Waals surface area contributed by atoms with Gasteiger partial charge in [-0.1, -0.05) is 60.7 Å². The molecule has 9 heteroatoms. The highest BCUT2D eigenvalue weighted by molar-refractivity contribution is 5.77. The number of hydrogen-bond donors (Lipinski definition) is 4. The number of aliphatic hydroxyl groups excluding tert-OH is 2. The number of benzene rings is 2. The number of ether oxygens (including phenoxy) is 3. The molecule has 1 saturated heterocycles. The minimum Gasteiger partial charge on any atom is -0.394 e. The lowest BCUT2D eigenvalue weighted by Crippen LogP contribution is -2.65. The maximum absolute atomic E-state index is 12.5. The van der Waals surface area contributed by atoms with E-state index in [0.717, 1.165) is 11.1 Å². The summed E-state index contributed by atoms with van der Waals surface area (Å²) in [5.74, 6) is -0.743. The van der Waals surface area contributed by atoms with Crippen molar-refractivity contribution in [2.24, 2.45) is 0 Å². The van der Waals surface area contributed by atoms with Crippen LogP contribution in [0.2, 0.25) is 0 Å². The van der Waals surface area contributed by atoms with E-state index >= 15 is 0 Å². The molecule has 0 radical (unpaired) electrons. The van der Waals surface area contributed by atoms with Crippen molar-refractivity contribution in [3.05, 3.63) is 71.8 Å². The third kappa shape index (κ3) is 8.12. The fourth-order valence-electron chi connectivity index (χ4n) is 4.06. The molecule has 9 nitrogen and oxygen atoms in total. The molecular weight excluding hydrogens is 452 g/mol. The van der Waals surface area contributed by atoms with Gasteiger partial charge in [0.1, 0.15) is 31.0 Å². The van der Waals surface area contributed by atoms with Crippen molar-refractivity contribution in [3.63, 3.8) is 0 Å². The van der Waals surface area contributed by atoms with Crippen LogP contribution in [0.5, 0.6) is 0 Å². The summed E-state index contributed by atoms with van der Waals surface area (Å²) in [6, 6.07) is 18.1. The van der Waals surface area contributed by atoms with Gasteiger partial charge in [0.05, 0.1) is 13.2 Å². The smallest absolute Gasteiger partial charge is 0.246 e. The van der Waals surface area contributed by atoms with Crippen molar-refractivity contribution in [2.75, 3.05) is 13.2 Å². The highest BCUT2D eigenvalue weighted by Crippen LogP contribution is 2.25. The van der Waals surface area contributed by atoms with Gasteiger partial charge in [-0.2, -0.15) is 0 Å². The number of aliphatic hydroxyl groups is 2. The Hall–Kier alpha value is -2.82. The summed E-state index contributed by atoms with van der Waals surface area (Å²) in [4.78, 5) is 24.5. The molecule has 3 rings (SSSR count). The van der Waals surface area contributed by atoms with E-state index in [0.29, 0.717) is 6.42 Å². The normalized spacial score (nSPS) is 25.0. The van der Waals surface area contributed by atoms with E-state index in [-0.39, 0.29) is 31.1 Å². The summed E-state index contributed by atoms with van der Waals surface area (Å²) in [6.45, 7) is 2.57. The summed E-state index contributed by atoms with van der Waals surface area (Å²) in [5.41, 5.74) is 1.98. The predicted molar refractivity (Wildman–Crippen MR) is 128 cm³/mol. The number of carbonyl (C=O) groups excluding carboxylic acids is 2. The van der Waals surface area contributed by atoms with Crippen LogP contribution in [0.15, 0.2) is 60.7 Å². The van der Waals surface area contributed by atoms with Gasteiger partial charge in [-0.3, -0.25) is 9.59 Å². The van der Waals surface area contributed by atoms with Crippen molar-refractivity contribution >= 4 is 11.8 Å². The van der Waals surface area contributed by atoms with Crippen molar-refractivity contribution in [3.8, 4) is 0 Å². The Kier molecular flexibility index (Phi) is 10.2. The second-order valence-corrected chi connectivity index (χ2v) is 8.67. The van der Waals surface area contributed by atoms with Gasteiger partial charge in [-0.05, 0) is 24.5 Å². The van der Waals surface area contributed by atoms with E-state index < -0.39 is 37.3 Å². The lowest BCUT2D eigenvalue weighted by Gasteiger charge is -2.44. The zero-order valence-electron chi connectivity index (χ0n) is 20.0. The second kappa shape index (κ2) is 13.3. The Morgan fingerprint density at radius 2 is 1.66 bits per heavy atom. The third-order valence-corrected chi connectivity index (χ3v) is 5.68. The summed E-state index contributed by atoms with van der Waals surface area (Å²) < 4.78 is 17.4. The second-order valence-electron chi connectivity index (χ2n) is 8.67. The van der Waals surface area contributed by atoms with Crippen LogP contribution in [0.3, 0.4) is 0 Å². The molecule has 1 aliphatic heterocycles. The molecule has 1 aliphatic rings. The molecule has 4 N–H and O–H groups in total. The maximum atomic E-state index is 12.5.